The van der Waals surface area contributed by atoms with Crippen LogP contribution >= 0.6 is 11.6 Å². The maximum absolute atomic E-state index is 10.9. The van der Waals surface area contributed by atoms with Crippen LogP contribution in [0, 0.1) is 5.41 Å². The average molecular weight is 239 g/mol. The Hall–Kier alpha value is -1.02. The van der Waals surface area contributed by atoms with Crippen LogP contribution in [0.5, 0.6) is 0 Å². The minimum atomic E-state index is -0.745. The summed E-state index contributed by atoms with van der Waals surface area (Å²) in [5.74, 6) is -0.676. The number of benzene rings is 1. The number of carbonyl (C=O) groups is 1. The summed E-state index contributed by atoms with van der Waals surface area (Å²) < 4.78 is 0. The van der Waals surface area contributed by atoms with E-state index in [9.17, 15) is 4.79 Å². The van der Waals surface area contributed by atoms with Gasteiger partial charge in [-0.1, -0.05) is 37.6 Å². The lowest BCUT2D eigenvalue weighted by atomic mass is 9.78. The van der Waals surface area contributed by atoms with Crippen molar-refractivity contribution < 1.29 is 9.90 Å². The maximum atomic E-state index is 10.9. The number of carboxylic acid groups (broad SMARTS) is 1. The molecule has 1 aliphatic rings. The molecule has 2 nitrogen and oxygen atoms in total. The second kappa shape index (κ2) is 3.77. The second-order valence-corrected chi connectivity index (χ2v) is 5.53. The van der Waals surface area contributed by atoms with Crippen molar-refractivity contribution >= 4 is 17.6 Å². The molecule has 86 valence electrons. The van der Waals surface area contributed by atoms with Crippen molar-refractivity contribution in [3.63, 3.8) is 0 Å². The SMILES string of the molecule is CC1(C)Cc2c(Cl)cccc2C1CC(=O)O. The molecule has 1 aliphatic carbocycles. The third-order valence-corrected chi connectivity index (χ3v) is 3.84. The van der Waals surface area contributed by atoms with Crippen molar-refractivity contribution in [2.24, 2.45) is 5.41 Å². The lowest BCUT2D eigenvalue weighted by Crippen LogP contribution is -2.20. The molecule has 0 saturated heterocycles. The fourth-order valence-electron chi connectivity index (χ4n) is 2.65. The van der Waals surface area contributed by atoms with Crippen LogP contribution < -0.4 is 0 Å². The quantitative estimate of drug-likeness (QED) is 0.857. The van der Waals surface area contributed by atoms with E-state index in [1.54, 1.807) is 0 Å². The van der Waals surface area contributed by atoms with E-state index in [-0.39, 0.29) is 17.8 Å². The Morgan fingerprint density at radius 1 is 1.56 bits per heavy atom. The lowest BCUT2D eigenvalue weighted by Gasteiger charge is -2.26. The molecule has 0 aromatic heterocycles. The van der Waals surface area contributed by atoms with Gasteiger partial charge in [-0.3, -0.25) is 4.79 Å². The van der Waals surface area contributed by atoms with E-state index in [0.29, 0.717) is 0 Å². The van der Waals surface area contributed by atoms with Crippen molar-refractivity contribution in [3.05, 3.63) is 34.3 Å². The zero-order valence-corrected chi connectivity index (χ0v) is 10.2. The van der Waals surface area contributed by atoms with E-state index in [0.717, 1.165) is 22.6 Å². The first-order chi connectivity index (χ1) is 7.42. The summed E-state index contributed by atoms with van der Waals surface area (Å²) in [6.07, 6.45) is 1.04. The molecule has 0 radical (unpaired) electrons. The summed E-state index contributed by atoms with van der Waals surface area (Å²) in [5, 5.41) is 9.73. The molecule has 0 bridgehead atoms. The van der Waals surface area contributed by atoms with Gasteiger partial charge in [0.25, 0.3) is 0 Å². The highest BCUT2D eigenvalue weighted by Crippen LogP contribution is 2.50. The average Bonchev–Trinajstić information content (AvgIpc) is 2.41. The predicted octanol–water partition coefficient (Wildman–Crippen LogP) is 3.48. The molecule has 0 fully saturated rings. The number of hydrogen-bond acceptors (Lipinski definition) is 1. The molecular formula is C13H15ClO2. The van der Waals surface area contributed by atoms with Crippen LogP contribution in [0.4, 0.5) is 0 Å². The van der Waals surface area contributed by atoms with Gasteiger partial charge in [-0.2, -0.15) is 0 Å². The summed E-state index contributed by atoms with van der Waals surface area (Å²) in [6, 6.07) is 5.78. The lowest BCUT2D eigenvalue weighted by molar-refractivity contribution is -0.138. The van der Waals surface area contributed by atoms with Gasteiger partial charge in [-0.25, -0.2) is 0 Å². The fourth-order valence-corrected chi connectivity index (χ4v) is 2.90. The van der Waals surface area contributed by atoms with E-state index >= 15 is 0 Å². The number of hydrogen-bond donors (Lipinski definition) is 1. The van der Waals surface area contributed by atoms with Gasteiger partial charge in [0.05, 0.1) is 6.42 Å². The molecule has 3 heteroatoms. The highest BCUT2D eigenvalue weighted by atomic mass is 35.5. The monoisotopic (exact) mass is 238 g/mol. The molecule has 0 saturated carbocycles. The third-order valence-electron chi connectivity index (χ3n) is 3.48. The standard InChI is InChI=1S/C13H15ClO2/c1-13(2)7-9-8(4-3-5-11(9)14)10(13)6-12(15)16/h3-5,10H,6-7H2,1-2H3,(H,15,16). The molecule has 0 spiro atoms. The molecule has 0 amide bonds. The van der Waals surface area contributed by atoms with Crippen LogP contribution in [0.2, 0.25) is 5.02 Å². The normalized spacial score (nSPS) is 21.8. The van der Waals surface area contributed by atoms with Gasteiger partial charge >= 0.3 is 5.97 Å². The number of fused-ring (bicyclic) bond motifs is 1. The summed E-state index contributed by atoms with van der Waals surface area (Å²) in [7, 11) is 0. The van der Waals surface area contributed by atoms with Gasteiger partial charge in [0.1, 0.15) is 0 Å². The summed E-state index contributed by atoms with van der Waals surface area (Å²) in [5.41, 5.74) is 2.21. The van der Waals surface area contributed by atoms with Crippen molar-refractivity contribution in [1.82, 2.24) is 0 Å². The van der Waals surface area contributed by atoms with E-state index in [1.165, 1.54) is 0 Å². The minimum absolute atomic E-state index is 0.0221. The molecule has 1 unspecified atom stereocenters. The first kappa shape index (κ1) is 11.5. The van der Waals surface area contributed by atoms with Crippen molar-refractivity contribution in [2.75, 3.05) is 0 Å². The maximum Gasteiger partial charge on any atom is 0.303 e. The molecular weight excluding hydrogens is 224 g/mol. The molecule has 1 N–H and O–H groups in total. The van der Waals surface area contributed by atoms with Gasteiger partial charge in [-0.15, -0.1) is 0 Å². The predicted molar refractivity (Wildman–Crippen MR) is 63.9 cm³/mol. The summed E-state index contributed by atoms with van der Waals surface area (Å²) in [6.45, 7) is 4.22. The second-order valence-electron chi connectivity index (χ2n) is 5.12. The smallest absolute Gasteiger partial charge is 0.303 e. The van der Waals surface area contributed by atoms with Crippen LogP contribution in [-0.2, 0) is 11.2 Å². The number of halogens is 1. The highest BCUT2D eigenvalue weighted by Gasteiger charge is 2.40. The van der Waals surface area contributed by atoms with Crippen LogP contribution in [-0.4, -0.2) is 11.1 Å². The third kappa shape index (κ3) is 1.82. The van der Waals surface area contributed by atoms with Crippen LogP contribution in [0.1, 0.15) is 37.3 Å². The van der Waals surface area contributed by atoms with E-state index in [2.05, 4.69) is 13.8 Å². The van der Waals surface area contributed by atoms with Gasteiger partial charge in [0.2, 0.25) is 0 Å². The largest absolute Gasteiger partial charge is 0.481 e. The molecule has 16 heavy (non-hydrogen) atoms. The molecule has 2 rings (SSSR count). The number of carboxylic acids is 1. The highest BCUT2D eigenvalue weighted by molar-refractivity contribution is 6.31. The van der Waals surface area contributed by atoms with Gasteiger partial charge in [-0.05, 0) is 29.0 Å². The van der Waals surface area contributed by atoms with Crippen LogP contribution in [0.25, 0.3) is 0 Å². The number of rotatable bonds is 2. The Labute approximate surface area is 100 Å². The topological polar surface area (TPSA) is 37.3 Å². The Bertz CT molecular complexity index is 438. The summed E-state index contributed by atoms with van der Waals surface area (Å²) >= 11 is 6.15. The van der Waals surface area contributed by atoms with Gasteiger partial charge < -0.3 is 5.11 Å². The number of aliphatic carboxylic acids is 1. The van der Waals surface area contributed by atoms with Gasteiger partial charge in [0, 0.05) is 10.9 Å². The van der Waals surface area contributed by atoms with E-state index in [1.807, 2.05) is 18.2 Å². The van der Waals surface area contributed by atoms with Gasteiger partial charge in [0.15, 0.2) is 0 Å². The van der Waals surface area contributed by atoms with E-state index in [4.69, 9.17) is 16.7 Å². The van der Waals surface area contributed by atoms with Crippen molar-refractivity contribution in [2.45, 2.75) is 32.6 Å². The van der Waals surface area contributed by atoms with Crippen molar-refractivity contribution in [3.8, 4) is 0 Å². The molecule has 1 aromatic rings. The Balaban J connectivity index is 2.45. The Morgan fingerprint density at radius 3 is 2.88 bits per heavy atom. The Morgan fingerprint density at radius 2 is 2.25 bits per heavy atom. The van der Waals surface area contributed by atoms with Crippen molar-refractivity contribution in [1.29, 1.82) is 0 Å². The zero-order chi connectivity index (χ0) is 11.9. The van der Waals surface area contributed by atoms with Crippen LogP contribution in [0.3, 0.4) is 0 Å². The minimum Gasteiger partial charge on any atom is -0.481 e. The molecule has 0 heterocycles. The van der Waals surface area contributed by atoms with E-state index < -0.39 is 5.97 Å². The molecule has 0 aliphatic heterocycles. The van der Waals surface area contributed by atoms with Crippen LogP contribution in [0.15, 0.2) is 18.2 Å². The molecule has 1 atom stereocenters. The first-order valence-corrected chi connectivity index (χ1v) is 5.78. The zero-order valence-electron chi connectivity index (χ0n) is 9.46. The Kier molecular flexibility index (Phi) is 2.70. The fraction of sp³-hybridized carbons (Fsp3) is 0.462. The molecule has 1 aromatic carbocycles. The summed E-state index contributed by atoms with van der Waals surface area (Å²) in [4.78, 5) is 10.9. The first-order valence-electron chi connectivity index (χ1n) is 5.41.